The van der Waals surface area contributed by atoms with E-state index in [0.29, 0.717) is 0 Å². The quantitative estimate of drug-likeness (QED) is 0.229. The Balaban J connectivity index is 1.97. The lowest BCUT2D eigenvalue weighted by molar-refractivity contribution is 0.467. The molecule has 2 aromatic heterocycles. The van der Waals surface area contributed by atoms with Crippen molar-refractivity contribution >= 4 is 28.5 Å². The van der Waals surface area contributed by atoms with Gasteiger partial charge in [0, 0.05) is 19.3 Å². The third-order valence-electron chi connectivity index (χ3n) is 5.96. The molecule has 5 rings (SSSR count). The maximum Gasteiger partial charge on any atom is 0.138 e. The van der Waals surface area contributed by atoms with Gasteiger partial charge in [-0.15, -0.1) is 11.8 Å². The van der Waals surface area contributed by atoms with Gasteiger partial charge in [-0.05, 0) is 22.4 Å². The van der Waals surface area contributed by atoms with Crippen molar-refractivity contribution in [2.45, 2.75) is 17.5 Å². The second-order valence-electron chi connectivity index (χ2n) is 7.80. The monoisotopic (exact) mass is 450 g/mol. The second kappa shape index (κ2) is 9.12. The number of pyridine rings is 1. The lowest BCUT2D eigenvalue weighted by Gasteiger charge is -2.37. The summed E-state index contributed by atoms with van der Waals surface area (Å²) in [5.41, 5.74) is 3.86. The highest BCUT2D eigenvalue weighted by Gasteiger charge is 2.41. The van der Waals surface area contributed by atoms with Gasteiger partial charge in [-0.2, -0.15) is 5.10 Å². The molecule has 0 atom stereocenters. The van der Waals surface area contributed by atoms with Crippen LogP contribution in [-0.4, -0.2) is 27.6 Å². The Morgan fingerprint density at radius 1 is 0.818 bits per heavy atom. The van der Waals surface area contributed by atoms with Gasteiger partial charge in [0.15, 0.2) is 0 Å². The summed E-state index contributed by atoms with van der Waals surface area (Å²) in [6, 6.07) is 34.1. The smallest absolute Gasteiger partial charge is 0.138 e. The van der Waals surface area contributed by atoms with Crippen molar-refractivity contribution in [1.82, 2.24) is 14.8 Å². The predicted molar refractivity (Wildman–Crippen MR) is 138 cm³/mol. The van der Waals surface area contributed by atoms with Crippen LogP contribution in [0.15, 0.2) is 108 Å². The fourth-order valence-electron chi connectivity index (χ4n) is 4.52. The highest BCUT2D eigenvalue weighted by Crippen LogP contribution is 2.43. The molecule has 1 N–H and O–H groups in total. The van der Waals surface area contributed by atoms with Crippen LogP contribution >= 0.6 is 11.8 Å². The Morgan fingerprint density at radius 3 is 1.79 bits per heavy atom. The van der Waals surface area contributed by atoms with E-state index in [1.54, 1.807) is 11.8 Å². The van der Waals surface area contributed by atoms with E-state index in [1.807, 2.05) is 13.2 Å². The number of fused-ring (bicyclic) bond motifs is 1. The summed E-state index contributed by atoms with van der Waals surface area (Å²) in [6.45, 7) is 2.16. The first-order chi connectivity index (χ1) is 16.3. The average Bonchev–Trinajstić information content (AvgIpc) is 3.24. The first kappa shape index (κ1) is 21.3. The van der Waals surface area contributed by atoms with E-state index in [4.69, 9.17) is 5.10 Å². The van der Waals surface area contributed by atoms with Crippen LogP contribution in [0.3, 0.4) is 0 Å². The minimum Gasteiger partial charge on any atom is -0.373 e. The summed E-state index contributed by atoms with van der Waals surface area (Å²) in [7, 11) is 1.90. The molecule has 33 heavy (non-hydrogen) atoms. The molecule has 0 saturated heterocycles. The van der Waals surface area contributed by atoms with Crippen LogP contribution in [0.2, 0.25) is 0 Å². The molecule has 164 valence electrons. The maximum absolute atomic E-state index is 5.27. The summed E-state index contributed by atoms with van der Waals surface area (Å²) in [6.07, 6.45) is 1.94. The van der Waals surface area contributed by atoms with Crippen molar-refractivity contribution in [1.29, 1.82) is 0 Å². The molecule has 5 aromatic rings. The Bertz CT molecular complexity index is 1250. The largest absolute Gasteiger partial charge is 0.373 e. The Hall–Kier alpha value is -3.57. The van der Waals surface area contributed by atoms with Gasteiger partial charge < -0.3 is 5.32 Å². The van der Waals surface area contributed by atoms with Crippen LogP contribution in [0.25, 0.3) is 10.9 Å². The van der Waals surface area contributed by atoms with Crippen LogP contribution in [0, 0.1) is 0 Å². The molecule has 0 amide bonds. The maximum atomic E-state index is 5.27. The number of thioether (sulfide) groups is 1. The molecule has 3 aromatic carbocycles. The molecule has 0 radical (unpaired) electrons. The molecule has 0 unspecified atom stereocenters. The number of nitrogens with zero attached hydrogens (tertiary/aromatic N) is 3. The van der Waals surface area contributed by atoms with Crippen LogP contribution < -0.4 is 5.32 Å². The molecular weight excluding hydrogens is 424 g/mol. The van der Waals surface area contributed by atoms with Crippen molar-refractivity contribution in [2.24, 2.45) is 0 Å². The topological polar surface area (TPSA) is 42.7 Å². The Kier molecular flexibility index (Phi) is 5.88. The van der Waals surface area contributed by atoms with E-state index in [1.165, 1.54) is 0 Å². The summed E-state index contributed by atoms with van der Waals surface area (Å²) in [5, 5.41) is 10.5. The molecule has 0 aliphatic rings. The molecule has 5 heteroatoms. The lowest BCUT2D eigenvalue weighted by atomic mass is 9.77. The fraction of sp³-hybridized carbons (Fsp3) is 0.143. The molecule has 0 bridgehead atoms. The van der Waals surface area contributed by atoms with Crippen molar-refractivity contribution in [3.63, 3.8) is 0 Å². The van der Waals surface area contributed by atoms with Gasteiger partial charge in [0.2, 0.25) is 0 Å². The number of anilines is 1. The minimum atomic E-state index is -0.652. The minimum absolute atomic E-state index is 0.652. The average molecular weight is 451 g/mol. The van der Waals surface area contributed by atoms with Gasteiger partial charge in [-0.1, -0.05) is 97.9 Å². The van der Waals surface area contributed by atoms with E-state index in [9.17, 15) is 0 Å². The predicted octanol–water partition coefficient (Wildman–Crippen LogP) is 6.43. The van der Waals surface area contributed by atoms with E-state index >= 15 is 0 Å². The van der Waals surface area contributed by atoms with Gasteiger partial charge >= 0.3 is 0 Å². The van der Waals surface area contributed by atoms with E-state index < -0.39 is 5.54 Å². The zero-order chi connectivity index (χ0) is 22.7. The second-order valence-corrected chi connectivity index (χ2v) is 9.05. The zero-order valence-electron chi connectivity index (χ0n) is 18.8. The summed E-state index contributed by atoms with van der Waals surface area (Å²) in [5.74, 6) is 1.76. The van der Waals surface area contributed by atoms with Crippen molar-refractivity contribution in [3.05, 3.63) is 120 Å². The SMILES string of the molecule is CCSc1nn(C(c2ccccc2)(c2ccccc2)c2ccccc2)c2cc(NC)ncc12. The third-order valence-corrected chi connectivity index (χ3v) is 6.82. The van der Waals surface area contributed by atoms with E-state index in [-0.39, 0.29) is 0 Å². The molecule has 0 aliphatic carbocycles. The number of rotatable bonds is 7. The normalized spacial score (nSPS) is 11.6. The standard InChI is InChI=1S/C28H26N4S/c1-3-33-27-24-20-30-26(29-2)19-25(24)32(31-27)28(21-13-7-4-8-14-21,22-15-9-5-10-16-22)23-17-11-6-12-18-23/h4-20H,3H2,1-2H3,(H,29,30). The molecule has 0 saturated carbocycles. The Labute approximate surface area is 198 Å². The first-order valence-corrected chi connectivity index (χ1v) is 12.1. The van der Waals surface area contributed by atoms with Gasteiger partial charge in [-0.25, -0.2) is 9.67 Å². The van der Waals surface area contributed by atoms with Crippen LogP contribution in [-0.2, 0) is 5.54 Å². The highest BCUT2D eigenvalue weighted by molar-refractivity contribution is 7.99. The zero-order valence-corrected chi connectivity index (χ0v) is 19.6. The number of benzene rings is 3. The molecule has 0 spiro atoms. The number of hydrogen-bond acceptors (Lipinski definition) is 4. The first-order valence-electron chi connectivity index (χ1n) is 11.2. The highest BCUT2D eigenvalue weighted by atomic mass is 32.2. The number of aromatic nitrogens is 3. The third kappa shape index (κ3) is 3.58. The molecular formula is C28H26N4S. The summed E-state index contributed by atoms with van der Waals surface area (Å²) in [4.78, 5) is 4.60. The number of hydrogen-bond donors (Lipinski definition) is 1. The van der Waals surface area contributed by atoms with Crippen LogP contribution in [0.1, 0.15) is 23.6 Å². The summed E-state index contributed by atoms with van der Waals surface area (Å²) < 4.78 is 2.20. The Morgan fingerprint density at radius 2 is 1.33 bits per heavy atom. The van der Waals surface area contributed by atoms with Gasteiger partial charge in [-0.3, -0.25) is 0 Å². The van der Waals surface area contributed by atoms with Gasteiger partial charge in [0.1, 0.15) is 16.4 Å². The van der Waals surface area contributed by atoms with Crippen molar-refractivity contribution in [3.8, 4) is 0 Å². The molecule has 0 fully saturated rings. The lowest BCUT2D eigenvalue weighted by Crippen LogP contribution is -2.38. The molecule has 0 aliphatic heterocycles. The van der Waals surface area contributed by atoms with Crippen molar-refractivity contribution < 1.29 is 0 Å². The van der Waals surface area contributed by atoms with Crippen LogP contribution in [0.5, 0.6) is 0 Å². The fourth-order valence-corrected chi connectivity index (χ4v) is 5.25. The molecule has 4 nitrogen and oxygen atoms in total. The number of nitrogens with one attached hydrogen (secondary N) is 1. The summed E-state index contributed by atoms with van der Waals surface area (Å²) >= 11 is 1.75. The van der Waals surface area contributed by atoms with Crippen molar-refractivity contribution in [2.75, 3.05) is 18.1 Å². The van der Waals surface area contributed by atoms with E-state index in [0.717, 1.165) is 44.2 Å². The van der Waals surface area contributed by atoms with E-state index in [2.05, 4.69) is 119 Å². The van der Waals surface area contributed by atoms with Gasteiger partial charge in [0.05, 0.1) is 10.9 Å². The van der Waals surface area contributed by atoms with Crippen LogP contribution in [0.4, 0.5) is 5.82 Å². The molecule has 2 heterocycles. The van der Waals surface area contributed by atoms with Gasteiger partial charge in [0.25, 0.3) is 0 Å².